The Morgan fingerprint density at radius 3 is 2.76 bits per heavy atom. The molecule has 1 N–H and O–H groups in total. The van der Waals surface area contributed by atoms with Crippen molar-refractivity contribution in [3.05, 3.63) is 35.7 Å². The van der Waals surface area contributed by atoms with Crippen LogP contribution in [0.3, 0.4) is 0 Å². The first-order valence-electron chi connectivity index (χ1n) is 7.89. The molecule has 116 valence electrons. The maximum Gasteiger partial charge on any atom is 0.0674 e. The number of hydrogen-bond donors (Lipinski definition) is 1. The molecule has 0 bridgehead atoms. The first-order chi connectivity index (χ1) is 10.3. The van der Waals surface area contributed by atoms with Gasteiger partial charge in [0.15, 0.2) is 0 Å². The SMILES string of the molecule is CCNC(CC)c1ccc(N2CC=C(COC)CC2)cn1. The average Bonchev–Trinajstić information content (AvgIpc) is 2.54. The van der Waals surface area contributed by atoms with Gasteiger partial charge in [-0.25, -0.2) is 0 Å². The lowest BCUT2D eigenvalue weighted by atomic mass is 10.1. The zero-order chi connectivity index (χ0) is 15.1. The molecule has 1 aromatic rings. The van der Waals surface area contributed by atoms with Crippen molar-refractivity contribution in [3.63, 3.8) is 0 Å². The van der Waals surface area contributed by atoms with E-state index in [1.54, 1.807) is 7.11 Å². The van der Waals surface area contributed by atoms with Gasteiger partial charge >= 0.3 is 0 Å². The van der Waals surface area contributed by atoms with Crippen molar-refractivity contribution in [2.24, 2.45) is 0 Å². The average molecular weight is 289 g/mol. The lowest BCUT2D eigenvalue weighted by Crippen LogP contribution is -2.29. The standard InChI is InChI=1S/C17H27N3O/c1-4-16(18-5-2)17-7-6-15(12-19-17)20-10-8-14(9-11-20)13-21-3/h6-8,12,16,18H,4-5,9-11,13H2,1-3H3. The summed E-state index contributed by atoms with van der Waals surface area (Å²) in [6.07, 6.45) is 6.41. The summed E-state index contributed by atoms with van der Waals surface area (Å²) in [7, 11) is 1.75. The van der Waals surface area contributed by atoms with Gasteiger partial charge in [-0.05, 0) is 37.1 Å². The number of nitrogens with one attached hydrogen (secondary N) is 1. The Morgan fingerprint density at radius 2 is 2.24 bits per heavy atom. The molecule has 0 fully saturated rings. The van der Waals surface area contributed by atoms with Crippen LogP contribution in [-0.4, -0.2) is 38.3 Å². The quantitative estimate of drug-likeness (QED) is 0.783. The molecule has 1 atom stereocenters. The lowest BCUT2D eigenvalue weighted by molar-refractivity contribution is 0.222. The van der Waals surface area contributed by atoms with Crippen LogP contribution in [0.2, 0.25) is 0 Å². The van der Waals surface area contributed by atoms with Crippen molar-refractivity contribution in [1.82, 2.24) is 10.3 Å². The van der Waals surface area contributed by atoms with Crippen LogP contribution in [-0.2, 0) is 4.74 Å². The fourth-order valence-electron chi connectivity index (χ4n) is 2.76. The normalized spacial score (nSPS) is 16.7. The summed E-state index contributed by atoms with van der Waals surface area (Å²) in [6, 6.07) is 4.71. The highest BCUT2D eigenvalue weighted by Gasteiger charge is 2.14. The Bertz CT molecular complexity index is 456. The molecule has 4 heteroatoms. The van der Waals surface area contributed by atoms with Crippen LogP contribution in [0.15, 0.2) is 30.0 Å². The highest BCUT2D eigenvalue weighted by atomic mass is 16.5. The van der Waals surface area contributed by atoms with Gasteiger partial charge in [0.25, 0.3) is 0 Å². The van der Waals surface area contributed by atoms with Crippen LogP contribution in [0.5, 0.6) is 0 Å². The molecule has 0 aromatic carbocycles. The Kier molecular flexibility index (Phi) is 6.21. The summed E-state index contributed by atoms with van der Waals surface area (Å²) in [4.78, 5) is 7.01. The van der Waals surface area contributed by atoms with Crippen LogP contribution in [0.25, 0.3) is 0 Å². The number of methoxy groups -OCH3 is 1. The minimum Gasteiger partial charge on any atom is -0.380 e. The highest BCUT2D eigenvalue weighted by Crippen LogP contribution is 2.21. The predicted octanol–water partition coefficient (Wildman–Crippen LogP) is 2.93. The number of rotatable bonds is 7. The van der Waals surface area contributed by atoms with E-state index >= 15 is 0 Å². The van der Waals surface area contributed by atoms with Gasteiger partial charge in [0.1, 0.15) is 0 Å². The predicted molar refractivity (Wildman–Crippen MR) is 87.7 cm³/mol. The Labute approximate surface area is 128 Å². The van der Waals surface area contributed by atoms with Gasteiger partial charge in [0.2, 0.25) is 0 Å². The molecule has 2 heterocycles. The van der Waals surface area contributed by atoms with Crippen molar-refractivity contribution in [2.45, 2.75) is 32.7 Å². The largest absolute Gasteiger partial charge is 0.380 e. The van der Waals surface area contributed by atoms with E-state index in [0.717, 1.165) is 44.8 Å². The fourth-order valence-corrected chi connectivity index (χ4v) is 2.76. The third kappa shape index (κ3) is 4.29. The summed E-state index contributed by atoms with van der Waals surface area (Å²) in [5.74, 6) is 0. The van der Waals surface area contributed by atoms with Crippen molar-refractivity contribution in [1.29, 1.82) is 0 Å². The maximum atomic E-state index is 5.19. The number of nitrogens with zero attached hydrogens (tertiary/aromatic N) is 2. The minimum absolute atomic E-state index is 0.360. The van der Waals surface area contributed by atoms with Gasteiger partial charge < -0.3 is 15.0 Å². The van der Waals surface area contributed by atoms with Gasteiger partial charge in [-0.15, -0.1) is 0 Å². The molecule has 0 saturated carbocycles. The van der Waals surface area contributed by atoms with Gasteiger partial charge in [0, 0.05) is 26.2 Å². The van der Waals surface area contributed by atoms with E-state index in [1.165, 1.54) is 11.3 Å². The van der Waals surface area contributed by atoms with Crippen molar-refractivity contribution < 1.29 is 4.74 Å². The summed E-state index contributed by atoms with van der Waals surface area (Å²) >= 11 is 0. The van der Waals surface area contributed by atoms with E-state index < -0.39 is 0 Å². The second kappa shape index (κ2) is 8.15. The molecule has 0 saturated heterocycles. The molecule has 1 unspecified atom stereocenters. The molecular weight excluding hydrogens is 262 g/mol. The second-order valence-electron chi connectivity index (χ2n) is 5.45. The summed E-state index contributed by atoms with van der Waals surface area (Å²) in [5, 5.41) is 3.47. The van der Waals surface area contributed by atoms with Crippen LogP contribution < -0.4 is 10.2 Å². The molecule has 1 aliphatic heterocycles. The van der Waals surface area contributed by atoms with Gasteiger partial charge in [-0.2, -0.15) is 0 Å². The minimum atomic E-state index is 0.360. The molecule has 0 aliphatic carbocycles. The van der Waals surface area contributed by atoms with Gasteiger partial charge in [0.05, 0.1) is 24.2 Å². The molecule has 0 spiro atoms. The maximum absolute atomic E-state index is 5.19. The second-order valence-corrected chi connectivity index (χ2v) is 5.45. The molecule has 1 aromatic heterocycles. The van der Waals surface area contributed by atoms with Crippen molar-refractivity contribution in [2.75, 3.05) is 38.3 Å². The molecule has 0 amide bonds. The number of anilines is 1. The van der Waals surface area contributed by atoms with Gasteiger partial charge in [-0.3, -0.25) is 4.98 Å². The van der Waals surface area contributed by atoms with E-state index in [4.69, 9.17) is 4.74 Å². The number of aromatic nitrogens is 1. The number of ether oxygens (including phenoxy) is 1. The molecule has 2 rings (SSSR count). The molecule has 1 aliphatic rings. The third-order valence-electron chi connectivity index (χ3n) is 3.98. The van der Waals surface area contributed by atoms with Crippen LogP contribution in [0, 0.1) is 0 Å². The smallest absolute Gasteiger partial charge is 0.0674 e. The zero-order valence-corrected chi connectivity index (χ0v) is 13.4. The van der Waals surface area contributed by atoms with E-state index in [9.17, 15) is 0 Å². The van der Waals surface area contributed by atoms with E-state index in [2.05, 4.69) is 47.3 Å². The Morgan fingerprint density at radius 1 is 1.38 bits per heavy atom. The number of pyridine rings is 1. The van der Waals surface area contributed by atoms with E-state index in [1.807, 2.05) is 6.20 Å². The van der Waals surface area contributed by atoms with Crippen molar-refractivity contribution >= 4 is 5.69 Å². The molecule has 21 heavy (non-hydrogen) atoms. The molecular formula is C17H27N3O. The summed E-state index contributed by atoms with van der Waals surface area (Å²) in [5.41, 5.74) is 3.74. The zero-order valence-electron chi connectivity index (χ0n) is 13.4. The fraction of sp³-hybridized carbons (Fsp3) is 0.588. The van der Waals surface area contributed by atoms with Crippen LogP contribution >= 0.6 is 0 Å². The lowest BCUT2D eigenvalue weighted by Gasteiger charge is -2.28. The van der Waals surface area contributed by atoms with Gasteiger partial charge in [-0.1, -0.05) is 19.9 Å². The summed E-state index contributed by atoms with van der Waals surface area (Å²) in [6.45, 7) is 8.04. The number of hydrogen-bond acceptors (Lipinski definition) is 4. The summed E-state index contributed by atoms with van der Waals surface area (Å²) < 4.78 is 5.19. The van der Waals surface area contributed by atoms with E-state index in [0.29, 0.717) is 6.04 Å². The topological polar surface area (TPSA) is 37.4 Å². The Hall–Kier alpha value is -1.39. The highest BCUT2D eigenvalue weighted by molar-refractivity contribution is 5.47. The van der Waals surface area contributed by atoms with Crippen LogP contribution in [0.4, 0.5) is 5.69 Å². The first-order valence-corrected chi connectivity index (χ1v) is 7.89. The third-order valence-corrected chi connectivity index (χ3v) is 3.98. The molecule has 0 radical (unpaired) electrons. The molecule has 4 nitrogen and oxygen atoms in total. The van der Waals surface area contributed by atoms with Crippen molar-refractivity contribution in [3.8, 4) is 0 Å². The van der Waals surface area contributed by atoms with E-state index in [-0.39, 0.29) is 0 Å². The Balaban J connectivity index is 1.99. The van der Waals surface area contributed by atoms with Crippen LogP contribution in [0.1, 0.15) is 38.4 Å². The first kappa shape index (κ1) is 16.0. The monoisotopic (exact) mass is 289 g/mol.